The van der Waals surface area contributed by atoms with Crippen LogP contribution < -0.4 is 0 Å². The van der Waals surface area contributed by atoms with Gasteiger partial charge in [-0.05, 0) is 74.7 Å². The van der Waals surface area contributed by atoms with E-state index in [4.69, 9.17) is 0 Å². The minimum atomic E-state index is -0.226. The third-order valence-corrected chi connectivity index (χ3v) is 7.02. The van der Waals surface area contributed by atoms with Crippen LogP contribution in [0.4, 0.5) is 4.39 Å². The highest BCUT2D eigenvalue weighted by molar-refractivity contribution is 7.13. The normalized spacial score (nSPS) is 17.9. The predicted octanol–water partition coefficient (Wildman–Crippen LogP) is 4.22. The predicted molar refractivity (Wildman–Crippen MR) is 115 cm³/mol. The summed E-state index contributed by atoms with van der Waals surface area (Å²) in [6.45, 7) is 4.81. The molecule has 2 aromatic carbocycles. The molecular formula is C23H22FN3O2S. The van der Waals surface area contributed by atoms with Gasteiger partial charge in [0.25, 0.3) is 11.8 Å². The van der Waals surface area contributed by atoms with Gasteiger partial charge in [-0.25, -0.2) is 4.39 Å². The third kappa shape index (κ3) is 3.32. The van der Waals surface area contributed by atoms with E-state index in [0.29, 0.717) is 30.1 Å². The molecule has 0 aliphatic carbocycles. The van der Waals surface area contributed by atoms with Crippen molar-refractivity contribution in [2.24, 2.45) is 0 Å². The van der Waals surface area contributed by atoms with E-state index < -0.39 is 0 Å². The summed E-state index contributed by atoms with van der Waals surface area (Å²) in [4.78, 5) is 28.9. The number of halogens is 1. The van der Waals surface area contributed by atoms with Crippen LogP contribution in [0.2, 0.25) is 0 Å². The maximum absolute atomic E-state index is 13.4. The number of benzene rings is 2. The molecule has 1 saturated heterocycles. The first-order valence-corrected chi connectivity index (χ1v) is 11.0. The zero-order valence-electron chi connectivity index (χ0n) is 16.7. The van der Waals surface area contributed by atoms with E-state index in [1.165, 1.54) is 22.5 Å². The molecule has 0 atom stereocenters. The fourth-order valence-corrected chi connectivity index (χ4v) is 5.38. The molecule has 7 heteroatoms. The minimum absolute atomic E-state index is 0.185. The zero-order valence-corrected chi connectivity index (χ0v) is 17.5. The number of nitrogens with zero attached hydrogens (tertiary/aromatic N) is 3. The maximum atomic E-state index is 13.4. The largest absolute Gasteiger partial charge is 0.302 e. The second-order valence-corrected chi connectivity index (χ2v) is 8.94. The molecule has 1 fully saturated rings. The van der Waals surface area contributed by atoms with Gasteiger partial charge in [-0.1, -0.05) is 11.6 Å². The molecule has 3 heterocycles. The molecular weight excluding hydrogens is 401 g/mol. The average Bonchev–Trinajstić information content (AvgIpc) is 3.26. The van der Waals surface area contributed by atoms with E-state index in [0.717, 1.165) is 47.3 Å². The molecule has 0 spiro atoms. The lowest BCUT2D eigenvalue weighted by atomic mass is 9.91. The number of aromatic nitrogens is 1. The van der Waals surface area contributed by atoms with E-state index in [1.54, 1.807) is 18.2 Å². The second-order valence-electron chi connectivity index (χ2n) is 8.14. The van der Waals surface area contributed by atoms with Crippen LogP contribution in [0.5, 0.6) is 0 Å². The van der Waals surface area contributed by atoms with Gasteiger partial charge >= 0.3 is 0 Å². The first-order chi connectivity index (χ1) is 14.5. The summed E-state index contributed by atoms with van der Waals surface area (Å²) >= 11 is 1.36. The van der Waals surface area contributed by atoms with Crippen molar-refractivity contribution in [3.63, 3.8) is 0 Å². The Kier molecular flexibility index (Phi) is 4.87. The number of carbonyl (C=O) groups excluding carboxylic acids is 2. The fourth-order valence-electron chi connectivity index (χ4n) is 4.50. The number of hydrogen-bond donors (Lipinski definition) is 0. The van der Waals surface area contributed by atoms with Crippen molar-refractivity contribution in [3.05, 3.63) is 64.6 Å². The number of aryl methyl sites for hydroxylation is 1. The van der Waals surface area contributed by atoms with Gasteiger partial charge in [-0.3, -0.25) is 14.5 Å². The lowest BCUT2D eigenvalue weighted by molar-refractivity contribution is 0.0629. The van der Waals surface area contributed by atoms with Crippen LogP contribution >= 0.6 is 11.5 Å². The number of fused-ring (bicyclic) bond motifs is 2. The topological polar surface area (TPSA) is 53.5 Å². The van der Waals surface area contributed by atoms with Crippen LogP contribution in [0, 0.1) is 12.7 Å². The molecule has 1 aromatic heterocycles. The first-order valence-electron chi connectivity index (χ1n) is 10.3. The zero-order chi connectivity index (χ0) is 20.8. The lowest BCUT2D eigenvalue weighted by Gasteiger charge is -2.32. The molecule has 154 valence electrons. The molecule has 0 N–H and O–H groups in total. The fraction of sp³-hybridized carbons (Fsp3) is 0.348. The van der Waals surface area contributed by atoms with Crippen molar-refractivity contribution in [3.8, 4) is 0 Å². The van der Waals surface area contributed by atoms with Crippen LogP contribution in [0.1, 0.15) is 50.7 Å². The van der Waals surface area contributed by atoms with Gasteiger partial charge in [0.1, 0.15) is 5.82 Å². The molecule has 0 radical (unpaired) electrons. The number of hydrogen-bond acceptors (Lipinski definition) is 5. The number of imide groups is 1. The van der Waals surface area contributed by atoms with Gasteiger partial charge in [0.2, 0.25) is 0 Å². The van der Waals surface area contributed by atoms with Crippen molar-refractivity contribution in [2.45, 2.75) is 25.7 Å². The molecule has 30 heavy (non-hydrogen) atoms. The highest BCUT2D eigenvalue weighted by Gasteiger charge is 2.35. The molecule has 2 amide bonds. The molecule has 3 aromatic rings. The summed E-state index contributed by atoms with van der Waals surface area (Å²) < 4.78 is 18.9. The molecule has 2 aliphatic heterocycles. The van der Waals surface area contributed by atoms with Gasteiger partial charge in [0.15, 0.2) is 0 Å². The number of rotatable bonds is 4. The van der Waals surface area contributed by atoms with Crippen molar-refractivity contribution >= 4 is 33.4 Å². The Bertz CT molecular complexity index is 1150. The van der Waals surface area contributed by atoms with Crippen LogP contribution in [0.15, 0.2) is 36.4 Å². The van der Waals surface area contributed by atoms with E-state index in [1.807, 2.05) is 19.1 Å². The Balaban J connectivity index is 1.20. The van der Waals surface area contributed by atoms with Crippen LogP contribution in [0.25, 0.3) is 10.1 Å². The van der Waals surface area contributed by atoms with Gasteiger partial charge < -0.3 is 4.90 Å². The van der Waals surface area contributed by atoms with Gasteiger partial charge in [-0.2, -0.15) is 4.37 Å². The van der Waals surface area contributed by atoms with E-state index >= 15 is 0 Å². The van der Waals surface area contributed by atoms with E-state index in [2.05, 4.69) is 9.27 Å². The summed E-state index contributed by atoms with van der Waals surface area (Å²) in [5.74, 6) is -0.237. The SMILES string of the molecule is Cc1ccc2c(c1)C(=O)N(CCN1CCC(c3nsc4cc(F)ccc34)CC1)C2=O. The lowest BCUT2D eigenvalue weighted by Crippen LogP contribution is -2.41. The van der Waals surface area contributed by atoms with E-state index in [-0.39, 0.29) is 17.6 Å². The number of amides is 2. The van der Waals surface area contributed by atoms with Crippen LogP contribution in [-0.4, -0.2) is 52.2 Å². The molecule has 5 nitrogen and oxygen atoms in total. The van der Waals surface area contributed by atoms with Gasteiger partial charge in [-0.15, -0.1) is 0 Å². The molecule has 5 rings (SSSR count). The van der Waals surface area contributed by atoms with Crippen molar-refractivity contribution in [2.75, 3.05) is 26.2 Å². The summed E-state index contributed by atoms with van der Waals surface area (Å²) in [6.07, 6.45) is 1.94. The van der Waals surface area contributed by atoms with Crippen molar-refractivity contribution in [1.29, 1.82) is 0 Å². The highest BCUT2D eigenvalue weighted by Crippen LogP contribution is 2.34. The van der Waals surface area contributed by atoms with Crippen molar-refractivity contribution in [1.82, 2.24) is 14.2 Å². The number of piperidine rings is 1. The Labute approximate surface area is 178 Å². The third-order valence-electron chi connectivity index (χ3n) is 6.20. The number of likely N-dealkylation sites (tertiary alicyclic amines) is 1. The average molecular weight is 424 g/mol. The molecule has 0 unspecified atom stereocenters. The molecule has 2 aliphatic rings. The summed E-state index contributed by atoms with van der Waals surface area (Å²) in [7, 11) is 0. The Hall–Kier alpha value is -2.64. The Morgan fingerprint density at radius 1 is 1.03 bits per heavy atom. The standard InChI is InChI=1S/C23H22FN3O2S/c1-14-2-4-17-19(12-14)23(29)27(22(17)28)11-10-26-8-6-15(7-9-26)21-18-5-3-16(24)13-20(18)30-25-21/h2-5,12-13,15H,6-11H2,1H3. The monoisotopic (exact) mass is 423 g/mol. The Morgan fingerprint density at radius 3 is 2.60 bits per heavy atom. The van der Waals surface area contributed by atoms with Crippen molar-refractivity contribution < 1.29 is 14.0 Å². The maximum Gasteiger partial charge on any atom is 0.261 e. The van der Waals surface area contributed by atoms with Crippen LogP contribution in [0.3, 0.4) is 0 Å². The summed E-state index contributed by atoms with van der Waals surface area (Å²) in [5, 5.41) is 1.06. The molecule has 0 saturated carbocycles. The van der Waals surface area contributed by atoms with Crippen LogP contribution in [-0.2, 0) is 0 Å². The first kappa shape index (κ1) is 19.3. The smallest absolute Gasteiger partial charge is 0.261 e. The number of carbonyl (C=O) groups is 2. The summed E-state index contributed by atoms with van der Waals surface area (Å²) in [5.41, 5.74) is 3.09. The van der Waals surface area contributed by atoms with E-state index in [9.17, 15) is 14.0 Å². The second kappa shape index (κ2) is 7.56. The van der Waals surface area contributed by atoms with Gasteiger partial charge in [0.05, 0.1) is 21.5 Å². The quantitative estimate of drug-likeness (QED) is 0.590. The van der Waals surface area contributed by atoms with Gasteiger partial charge in [0, 0.05) is 24.4 Å². The molecule has 0 bridgehead atoms. The summed E-state index contributed by atoms with van der Waals surface area (Å²) in [6, 6.07) is 10.3. The minimum Gasteiger partial charge on any atom is -0.302 e. The Morgan fingerprint density at radius 2 is 1.80 bits per heavy atom. The highest BCUT2D eigenvalue weighted by atomic mass is 32.1.